The summed E-state index contributed by atoms with van der Waals surface area (Å²) in [5.41, 5.74) is 1.94. The van der Waals surface area contributed by atoms with E-state index >= 15 is 0 Å². The van der Waals surface area contributed by atoms with Crippen LogP contribution in [0.15, 0.2) is 114 Å². The number of nitrogens with zero attached hydrogens (tertiary/aromatic N) is 2. The average Bonchev–Trinajstić information content (AvgIpc) is 3.12. The first-order valence-corrected chi connectivity index (χ1v) is 16.1. The van der Waals surface area contributed by atoms with Crippen LogP contribution in [0.1, 0.15) is 36.6 Å². The summed E-state index contributed by atoms with van der Waals surface area (Å²) in [4.78, 5) is 46.2. The molecule has 0 unspecified atom stereocenters. The average molecular weight is 667 g/mol. The van der Waals surface area contributed by atoms with Crippen LogP contribution in [-0.4, -0.2) is 40.3 Å². The van der Waals surface area contributed by atoms with Gasteiger partial charge < -0.3 is 23.5 Å². The van der Waals surface area contributed by atoms with Gasteiger partial charge in [0.25, 0.3) is 0 Å². The van der Waals surface area contributed by atoms with Gasteiger partial charge in [-0.3, -0.25) is 4.79 Å². The van der Waals surface area contributed by atoms with Crippen LogP contribution in [0, 0.1) is 0 Å². The molecule has 1 aliphatic heterocycles. The fourth-order valence-corrected chi connectivity index (χ4v) is 6.46. The van der Waals surface area contributed by atoms with Crippen LogP contribution in [0.2, 0.25) is 0 Å². The number of pyridine rings is 2. The fourth-order valence-electron chi connectivity index (χ4n) is 6.46. The molecule has 50 heavy (non-hydrogen) atoms. The Kier molecular flexibility index (Phi) is 8.41. The summed E-state index contributed by atoms with van der Waals surface area (Å²) in [6, 6.07) is 29.6. The number of ether oxygens (including phenoxy) is 4. The molecule has 3 heterocycles. The molecule has 6 aromatic rings. The predicted octanol–water partition coefficient (Wildman–Crippen LogP) is 7.34. The van der Waals surface area contributed by atoms with Crippen LogP contribution in [0.4, 0.5) is 0 Å². The molecule has 0 aliphatic carbocycles. The minimum Gasteiger partial charge on any atom is -0.496 e. The number of carbonyl (C=O) groups excluding carboxylic acids is 2. The Morgan fingerprint density at radius 1 is 0.840 bits per heavy atom. The lowest BCUT2D eigenvalue weighted by atomic mass is 9.86. The van der Waals surface area contributed by atoms with E-state index in [1.807, 2.05) is 91.0 Å². The maximum Gasteiger partial charge on any atom is 0.331 e. The monoisotopic (exact) mass is 666 g/mol. The highest BCUT2D eigenvalue weighted by Crippen LogP contribution is 2.49. The minimum atomic E-state index is -1.20. The van der Waals surface area contributed by atoms with Crippen molar-refractivity contribution in [3.8, 4) is 11.5 Å². The highest BCUT2D eigenvalue weighted by molar-refractivity contribution is 6.02. The van der Waals surface area contributed by atoms with E-state index in [1.54, 1.807) is 43.7 Å². The molecule has 1 aliphatic rings. The van der Waals surface area contributed by atoms with Crippen molar-refractivity contribution in [3.05, 3.63) is 136 Å². The van der Waals surface area contributed by atoms with Crippen molar-refractivity contribution in [1.82, 2.24) is 9.55 Å². The number of rotatable bonds is 7. The van der Waals surface area contributed by atoms with Gasteiger partial charge in [0.1, 0.15) is 22.7 Å². The second-order valence-electron chi connectivity index (χ2n) is 12.6. The van der Waals surface area contributed by atoms with Crippen molar-refractivity contribution >= 4 is 56.9 Å². The highest BCUT2D eigenvalue weighted by Gasteiger charge is 2.50. The number of esters is 2. The molecule has 4 aromatic carbocycles. The Morgan fingerprint density at radius 3 is 2.08 bits per heavy atom. The van der Waals surface area contributed by atoms with E-state index in [1.165, 1.54) is 19.3 Å². The number of carbonyl (C=O) groups is 2. The van der Waals surface area contributed by atoms with Crippen molar-refractivity contribution in [2.24, 2.45) is 7.05 Å². The molecule has 9 heteroatoms. The van der Waals surface area contributed by atoms with Gasteiger partial charge >= 0.3 is 11.9 Å². The summed E-state index contributed by atoms with van der Waals surface area (Å²) < 4.78 is 26.4. The number of hydrogen-bond donors (Lipinski definition) is 0. The van der Waals surface area contributed by atoms with Crippen molar-refractivity contribution in [2.75, 3.05) is 7.11 Å². The van der Waals surface area contributed by atoms with Crippen molar-refractivity contribution < 1.29 is 28.5 Å². The van der Waals surface area contributed by atoms with E-state index in [0.29, 0.717) is 33.4 Å². The predicted molar refractivity (Wildman–Crippen MR) is 193 cm³/mol. The fraction of sp³-hybridized carbons (Fsp3) is 0.171. The third-order valence-corrected chi connectivity index (χ3v) is 8.84. The van der Waals surface area contributed by atoms with Crippen LogP contribution >= 0.6 is 0 Å². The van der Waals surface area contributed by atoms with Gasteiger partial charge in [0.15, 0.2) is 12.2 Å². The SMILES string of the molecule is COc1cc2c(c3c1c(=O)c1cc4ccccc4nc1n3C)[C@@H](OC(=O)/C=C/c1ccccc1)[C@@H](OC(=O)/C=C/c1ccccc1)C(C)(C)O2. The first-order valence-electron chi connectivity index (χ1n) is 16.1. The van der Waals surface area contributed by atoms with Crippen molar-refractivity contribution in [1.29, 1.82) is 0 Å². The molecule has 0 bridgehead atoms. The Labute approximate surface area is 288 Å². The van der Waals surface area contributed by atoms with E-state index < -0.39 is 29.7 Å². The molecule has 0 amide bonds. The lowest BCUT2D eigenvalue weighted by molar-refractivity contribution is -0.184. The Bertz CT molecular complexity index is 2400. The molecular weight excluding hydrogens is 632 g/mol. The van der Waals surface area contributed by atoms with E-state index in [0.717, 1.165) is 16.5 Å². The molecule has 2 atom stereocenters. The maximum atomic E-state index is 14.4. The number of aromatic nitrogens is 2. The van der Waals surface area contributed by atoms with Crippen molar-refractivity contribution in [3.63, 3.8) is 0 Å². The van der Waals surface area contributed by atoms with Crippen molar-refractivity contribution in [2.45, 2.75) is 31.7 Å². The molecule has 0 saturated carbocycles. The smallest absolute Gasteiger partial charge is 0.331 e. The first kappa shape index (κ1) is 32.3. The zero-order chi connectivity index (χ0) is 35.0. The Morgan fingerprint density at radius 2 is 1.44 bits per heavy atom. The number of para-hydroxylation sites is 1. The lowest BCUT2D eigenvalue weighted by Crippen LogP contribution is -2.52. The molecule has 0 radical (unpaired) electrons. The summed E-state index contributed by atoms with van der Waals surface area (Å²) >= 11 is 0. The quantitative estimate of drug-likeness (QED) is 0.0990. The highest BCUT2D eigenvalue weighted by atomic mass is 16.6. The molecule has 0 saturated heterocycles. The van der Waals surface area contributed by atoms with Gasteiger partial charge in [-0.05, 0) is 49.3 Å². The second-order valence-corrected chi connectivity index (χ2v) is 12.6. The zero-order valence-electron chi connectivity index (χ0n) is 28.0. The largest absolute Gasteiger partial charge is 0.496 e. The number of methoxy groups -OCH3 is 1. The summed E-state index contributed by atoms with van der Waals surface area (Å²) in [7, 11) is 3.26. The minimum absolute atomic E-state index is 0.247. The zero-order valence-corrected chi connectivity index (χ0v) is 28.0. The normalized spacial score (nSPS) is 16.8. The molecule has 0 N–H and O–H groups in total. The summed E-state index contributed by atoms with van der Waals surface area (Å²) in [5, 5.41) is 1.45. The molecule has 7 rings (SSSR count). The summed E-state index contributed by atoms with van der Waals surface area (Å²) in [6.07, 6.45) is 3.58. The molecular formula is C41H34N2O7. The molecule has 0 fully saturated rings. The molecule has 2 aromatic heterocycles. The summed E-state index contributed by atoms with van der Waals surface area (Å²) in [6.45, 7) is 3.50. The third kappa shape index (κ3) is 5.98. The lowest BCUT2D eigenvalue weighted by Gasteiger charge is -2.43. The van der Waals surface area contributed by atoms with Gasteiger partial charge in [-0.15, -0.1) is 0 Å². The van der Waals surface area contributed by atoms with Gasteiger partial charge in [0.05, 0.1) is 34.5 Å². The van der Waals surface area contributed by atoms with Gasteiger partial charge in [-0.1, -0.05) is 78.9 Å². The first-order chi connectivity index (χ1) is 24.1. The number of hydrogen-bond acceptors (Lipinski definition) is 8. The molecule has 250 valence electrons. The number of benzene rings is 4. The van der Waals surface area contributed by atoms with Crippen LogP contribution < -0.4 is 14.9 Å². The van der Waals surface area contributed by atoms with E-state index in [4.69, 9.17) is 23.9 Å². The summed E-state index contributed by atoms with van der Waals surface area (Å²) in [5.74, 6) is -0.751. The van der Waals surface area contributed by atoms with Gasteiger partial charge in [-0.2, -0.15) is 0 Å². The Hall–Kier alpha value is -6.22. The molecule has 9 nitrogen and oxygen atoms in total. The number of fused-ring (bicyclic) bond motifs is 5. The van der Waals surface area contributed by atoms with Gasteiger partial charge in [-0.25, -0.2) is 14.6 Å². The second kappa shape index (κ2) is 13.0. The van der Waals surface area contributed by atoms with E-state index in [2.05, 4.69) is 0 Å². The third-order valence-electron chi connectivity index (χ3n) is 8.84. The number of aryl methyl sites for hydroxylation is 1. The van der Waals surface area contributed by atoms with Gasteiger partial charge in [0.2, 0.25) is 5.43 Å². The van der Waals surface area contributed by atoms with Crippen LogP contribution in [0.25, 0.3) is 45.0 Å². The molecule has 0 spiro atoms. The topological polar surface area (TPSA) is 106 Å². The van der Waals surface area contributed by atoms with E-state index in [-0.39, 0.29) is 16.6 Å². The van der Waals surface area contributed by atoms with Gasteiger partial charge in [0, 0.05) is 30.7 Å². The van der Waals surface area contributed by atoms with Crippen LogP contribution in [0.5, 0.6) is 11.5 Å². The van der Waals surface area contributed by atoms with Crippen LogP contribution in [0.3, 0.4) is 0 Å². The maximum absolute atomic E-state index is 14.4. The Balaban J connectivity index is 1.43. The van der Waals surface area contributed by atoms with Crippen LogP contribution in [-0.2, 0) is 26.1 Å². The standard InChI is InChI=1S/C41H34N2O7/c1-41(2)39(49-33(45)22-20-26-15-9-6-10-16-26)38(48-32(44)21-19-25-13-7-5-8-14-25)35-31(50-41)24-30(47-4)34-36(35)43(3)40-28(37(34)46)23-27-17-11-12-18-29(27)42-40/h5-24,38-39H,1-4H3/b21-19+,22-20+/t38-,39-/m1/s1. The van der Waals surface area contributed by atoms with E-state index in [9.17, 15) is 14.4 Å².